The summed E-state index contributed by atoms with van der Waals surface area (Å²) in [6.07, 6.45) is -1.14. The summed E-state index contributed by atoms with van der Waals surface area (Å²) in [7, 11) is 0. The average molecular weight is 201 g/mol. The Morgan fingerprint density at radius 3 is 2.50 bits per heavy atom. The van der Waals surface area contributed by atoms with Crippen LogP contribution in [0.3, 0.4) is 0 Å². The molecule has 1 unspecified atom stereocenters. The predicted molar refractivity (Wildman–Crippen MR) is 48.5 cm³/mol. The minimum absolute atomic E-state index is 0.0136. The third kappa shape index (κ3) is 1.64. The SMILES string of the molecule is Cc1cc(C(O)CN)c(O)c(F)c1O. The van der Waals surface area contributed by atoms with Crippen molar-refractivity contribution >= 4 is 0 Å². The summed E-state index contributed by atoms with van der Waals surface area (Å²) in [6.45, 7) is 1.34. The van der Waals surface area contributed by atoms with Gasteiger partial charge in [0.05, 0.1) is 6.10 Å². The maximum absolute atomic E-state index is 13.1. The van der Waals surface area contributed by atoms with E-state index in [1.54, 1.807) is 0 Å². The van der Waals surface area contributed by atoms with E-state index >= 15 is 0 Å². The number of halogens is 1. The number of hydrogen-bond acceptors (Lipinski definition) is 4. The van der Waals surface area contributed by atoms with E-state index in [0.29, 0.717) is 0 Å². The fourth-order valence-electron chi connectivity index (χ4n) is 1.16. The second kappa shape index (κ2) is 3.81. The van der Waals surface area contributed by atoms with Crippen LogP contribution >= 0.6 is 0 Å². The van der Waals surface area contributed by atoms with E-state index < -0.39 is 23.4 Å². The monoisotopic (exact) mass is 201 g/mol. The van der Waals surface area contributed by atoms with E-state index in [2.05, 4.69) is 0 Å². The summed E-state index contributed by atoms with van der Waals surface area (Å²) in [6, 6.07) is 1.30. The highest BCUT2D eigenvalue weighted by molar-refractivity contribution is 5.47. The van der Waals surface area contributed by atoms with Gasteiger partial charge in [0.15, 0.2) is 11.5 Å². The molecule has 0 aliphatic rings. The van der Waals surface area contributed by atoms with Gasteiger partial charge in [-0.2, -0.15) is 4.39 Å². The number of aromatic hydroxyl groups is 2. The van der Waals surface area contributed by atoms with Crippen molar-refractivity contribution in [3.8, 4) is 11.5 Å². The van der Waals surface area contributed by atoms with Crippen molar-refractivity contribution in [2.45, 2.75) is 13.0 Å². The van der Waals surface area contributed by atoms with Gasteiger partial charge >= 0.3 is 0 Å². The van der Waals surface area contributed by atoms with Crippen LogP contribution in [-0.2, 0) is 0 Å². The van der Waals surface area contributed by atoms with Gasteiger partial charge in [-0.3, -0.25) is 0 Å². The Morgan fingerprint density at radius 2 is 2.00 bits per heavy atom. The number of phenols is 2. The summed E-state index contributed by atoms with van der Waals surface area (Å²) < 4.78 is 13.1. The molecule has 1 atom stereocenters. The number of phenolic OH excluding ortho intramolecular Hbond substituents is 2. The maximum atomic E-state index is 13.1. The van der Waals surface area contributed by atoms with Crippen LogP contribution in [0.15, 0.2) is 6.07 Å². The highest BCUT2D eigenvalue weighted by Crippen LogP contribution is 2.34. The Hall–Kier alpha value is -1.33. The van der Waals surface area contributed by atoms with Crippen molar-refractivity contribution in [2.75, 3.05) is 6.54 Å². The molecule has 1 aromatic rings. The van der Waals surface area contributed by atoms with E-state index in [-0.39, 0.29) is 17.7 Å². The molecule has 0 bridgehead atoms. The first kappa shape index (κ1) is 10.7. The Morgan fingerprint density at radius 1 is 1.43 bits per heavy atom. The first-order valence-corrected chi connectivity index (χ1v) is 4.08. The number of rotatable bonds is 2. The summed E-state index contributed by atoms with van der Waals surface area (Å²) in [5, 5.41) is 27.7. The maximum Gasteiger partial charge on any atom is 0.206 e. The van der Waals surface area contributed by atoms with Crippen LogP contribution in [0, 0.1) is 12.7 Å². The Kier molecular flexibility index (Phi) is 2.93. The summed E-state index contributed by atoms with van der Waals surface area (Å²) in [5.41, 5.74) is 5.39. The quantitative estimate of drug-likeness (QED) is 0.562. The fourth-order valence-corrected chi connectivity index (χ4v) is 1.16. The van der Waals surface area contributed by atoms with Crippen molar-refractivity contribution in [1.82, 2.24) is 0 Å². The lowest BCUT2D eigenvalue weighted by atomic mass is 10.0. The zero-order valence-electron chi connectivity index (χ0n) is 7.66. The molecule has 5 heteroatoms. The third-order valence-corrected chi connectivity index (χ3v) is 2.02. The number of benzene rings is 1. The second-order valence-electron chi connectivity index (χ2n) is 3.05. The van der Waals surface area contributed by atoms with Crippen LogP contribution in [0.1, 0.15) is 17.2 Å². The first-order chi connectivity index (χ1) is 6.49. The van der Waals surface area contributed by atoms with Crippen LogP contribution < -0.4 is 5.73 Å². The summed E-state index contributed by atoms with van der Waals surface area (Å²) in [4.78, 5) is 0. The van der Waals surface area contributed by atoms with Crippen molar-refractivity contribution in [3.63, 3.8) is 0 Å². The molecule has 0 spiro atoms. The average Bonchev–Trinajstić information content (AvgIpc) is 2.19. The van der Waals surface area contributed by atoms with Crippen molar-refractivity contribution in [2.24, 2.45) is 5.73 Å². The van der Waals surface area contributed by atoms with Crippen LogP contribution in [0.25, 0.3) is 0 Å². The number of nitrogens with two attached hydrogens (primary N) is 1. The van der Waals surface area contributed by atoms with Gasteiger partial charge in [-0.05, 0) is 18.6 Å². The van der Waals surface area contributed by atoms with Crippen molar-refractivity contribution in [1.29, 1.82) is 0 Å². The molecular formula is C9H12FNO3. The number of aliphatic hydroxyl groups is 1. The van der Waals surface area contributed by atoms with Gasteiger partial charge in [0.1, 0.15) is 0 Å². The summed E-state index contributed by atoms with van der Waals surface area (Å²) in [5.74, 6) is -2.51. The highest BCUT2D eigenvalue weighted by Gasteiger charge is 2.19. The van der Waals surface area contributed by atoms with Crippen LogP contribution in [0.2, 0.25) is 0 Å². The second-order valence-corrected chi connectivity index (χ2v) is 3.05. The predicted octanol–water partition coefficient (Wildman–Crippen LogP) is 0.537. The number of aryl methyl sites for hydroxylation is 1. The van der Waals surface area contributed by atoms with Crippen LogP contribution in [0.4, 0.5) is 4.39 Å². The van der Waals surface area contributed by atoms with E-state index in [9.17, 15) is 14.6 Å². The molecule has 0 heterocycles. The minimum atomic E-state index is -1.14. The minimum Gasteiger partial charge on any atom is -0.505 e. The molecule has 0 aromatic heterocycles. The molecule has 5 N–H and O–H groups in total. The molecule has 0 radical (unpaired) electrons. The lowest BCUT2D eigenvalue weighted by Crippen LogP contribution is -2.12. The van der Waals surface area contributed by atoms with Crippen LogP contribution in [0.5, 0.6) is 11.5 Å². The molecule has 0 amide bonds. The molecule has 1 aromatic carbocycles. The van der Waals surface area contributed by atoms with Gasteiger partial charge in [0.25, 0.3) is 0 Å². The van der Waals surface area contributed by atoms with E-state index in [0.717, 1.165) is 0 Å². The highest BCUT2D eigenvalue weighted by atomic mass is 19.1. The number of aliphatic hydroxyl groups excluding tert-OH is 1. The zero-order chi connectivity index (χ0) is 10.9. The molecule has 0 fully saturated rings. The Labute approximate surface area is 80.4 Å². The molecule has 0 saturated carbocycles. The molecule has 14 heavy (non-hydrogen) atoms. The van der Waals surface area contributed by atoms with E-state index in [1.165, 1.54) is 13.0 Å². The van der Waals surface area contributed by atoms with Crippen molar-refractivity contribution in [3.05, 3.63) is 23.0 Å². The summed E-state index contributed by atoms with van der Waals surface area (Å²) >= 11 is 0. The lowest BCUT2D eigenvalue weighted by Gasteiger charge is -2.13. The molecule has 0 saturated heterocycles. The van der Waals surface area contributed by atoms with Crippen LogP contribution in [-0.4, -0.2) is 21.9 Å². The van der Waals surface area contributed by atoms with Gasteiger partial charge in [-0.15, -0.1) is 0 Å². The first-order valence-electron chi connectivity index (χ1n) is 4.08. The van der Waals surface area contributed by atoms with Crippen molar-refractivity contribution < 1.29 is 19.7 Å². The molecule has 0 aliphatic heterocycles. The standard InChI is InChI=1S/C9H12FNO3/c1-4-2-5(6(12)3-11)9(14)7(10)8(4)13/h2,6,12-14H,3,11H2,1H3. The van der Waals surface area contributed by atoms with Gasteiger partial charge in [0, 0.05) is 12.1 Å². The fraction of sp³-hybridized carbons (Fsp3) is 0.333. The zero-order valence-corrected chi connectivity index (χ0v) is 7.66. The Bertz CT molecular complexity index is 354. The third-order valence-electron chi connectivity index (χ3n) is 2.02. The molecular weight excluding hydrogens is 189 g/mol. The Balaban J connectivity index is 3.33. The van der Waals surface area contributed by atoms with E-state index in [4.69, 9.17) is 10.8 Å². The normalized spacial score (nSPS) is 12.9. The number of hydrogen-bond donors (Lipinski definition) is 4. The smallest absolute Gasteiger partial charge is 0.206 e. The lowest BCUT2D eigenvalue weighted by molar-refractivity contribution is 0.181. The molecule has 0 aliphatic carbocycles. The van der Waals surface area contributed by atoms with E-state index in [1.807, 2.05) is 0 Å². The van der Waals surface area contributed by atoms with Gasteiger partial charge in [0.2, 0.25) is 5.82 Å². The molecule has 1 rings (SSSR count). The van der Waals surface area contributed by atoms with Gasteiger partial charge in [-0.1, -0.05) is 0 Å². The largest absolute Gasteiger partial charge is 0.505 e. The molecule has 4 nitrogen and oxygen atoms in total. The topological polar surface area (TPSA) is 86.7 Å². The molecule has 78 valence electrons. The van der Waals surface area contributed by atoms with Gasteiger partial charge < -0.3 is 21.1 Å². The van der Waals surface area contributed by atoms with Gasteiger partial charge in [-0.25, -0.2) is 0 Å².